The minimum atomic E-state index is -1.23. The SMILES string of the molecule is CN(c1cccc(C#N)c1)c1cc(C(=O)O)c(N)cc1F. The topological polar surface area (TPSA) is 90.3 Å². The summed E-state index contributed by atoms with van der Waals surface area (Å²) in [5.74, 6) is -1.87. The standard InChI is InChI=1S/C15H12FN3O2/c1-19(10-4-2-3-9(5-10)8-17)14-6-11(15(20)21)13(18)7-12(14)16/h2-7H,18H2,1H3,(H,20,21). The van der Waals surface area contributed by atoms with Crippen molar-refractivity contribution in [3.8, 4) is 6.07 Å². The van der Waals surface area contributed by atoms with E-state index in [1.807, 2.05) is 6.07 Å². The molecule has 21 heavy (non-hydrogen) atoms. The maximum Gasteiger partial charge on any atom is 0.337 e. The average molecular weight is 285 g/mol. The number of hydrogen-bond acceptors (Lipinski definition) is 4. The highest BCUT2D eigenvalue weighted by Crippen LogP contribution is 2.30. The number of rotatable bonds is 3. The Labute approximate surface area is 120 Å². The van der Waals surface area contributed by atoms with Gasteiger partial charge in [-0.3, -0.25) is 0 Å². The number of nitrogens with two attached hydrogens (primary N) is 1. The number of carboxylic acids is 1. The van der Waals surface area contributed by atoms with Crippen molar-refractivity contribution in [3.63, 3.8) is 0 Å². The molecule has 0 spiro atoms. The Kier molecular flexibility index (Phi) is 3.76. The summed E-state index contributed by atoms with van der Waals surface area (Å²) in [5, 5.41) is 17.9. The number of nitriles is 1. The molecule has 0 saturated carbocycles. The van der Waals surface area contributed by atoms with Gasteiger partial charge in [0.25, 0.3) is 0 Å². The minimum Gasteiger partial charge on any atom is -0.478 e. The largest absolute Gasteiger partial charge is 0.478 e. The number of nitrogen functional groups attached to an aromatic ring is 1. The normalized spacial score (nSPS) is 9.95. The number of benzene rings is 2. The Morgan fingerprint density at radius 1 is 1.38 bits per heavy atom. The van der Waals surface area contributed by atoms with Gasteiger partial charge in [0.15, 0.2) is 0 Å². The second kappa shape index (κ2) is 5.51. The molecular formula is C15H12FN3O2. The smallest absolute Gasteiger partial charge is 0.337 e. The molecule has 0 aliphatic heterocycles. The summed E-state index contributed by atoms with van der Waals surface area (Å²) >= 11 is 0. The first-order chi connectivity index (χ1) is 9.93. The molecule has 0 aliphatic rings. The molecule has 0 heterocycles. The monoisotopic (exact) mass is 285 g/mol. The van der Waals surface area contributed by atoms with Gasteiger partial charge in [-0.15, -0.1) is 0 Å². The number of anilines is 3. The zero-order valence-corrected chi connectivity index (χ0v) is 11.2. The molecule has 5 nitrogen and oxygen atoms in total. The molecule has 2 rings (SSSR count). The van der Waals surface area contributed by atoms with Crippen molar-refractivity contribution < 1.29 is 14.3 Å². The summed E-state index contributed by atoms with van der Waals surface area (Å²) in [5.41, 5.74) is 6.24. The molecule has 0 fully saturated rings. The van der Waals surface area contributed by atoms with Gasteiger partial charge in [-0.2, -0.15) is 5.26 Å². The van der Waals surface area contributed by atoms with Gasteiger partial charge in [-0.25, -0.2) is 9.18 Å². The molecule has 0 radical (unpaired) electrons. The van der Waals surface area contributed by atoms with E-state index in [0.29, 0.717) is 11.3 Å². The van der Waals surface area contributed by atoms with Crippen molar-refractivity contribution in [2.45, 2.75) is 0 Å². The van der Waals surface area contributed by atoms with Gasteiger partial charge >= 0.3 is 5.97 Å². The van der Waals surface area contributed by atoms with Crippen LogP contribution in [0, 0.1) is 17.1 Å². The van der Waals surface area contributed by atoms with Crippen LogP contribution >= 0.6 is 0 Å². The van der Waals surface area contributed by atoms with Crippen molar-refractivity contribution >= 4 is 23.0 Å². The lowest BCUT2D eigenvalue weighted by Gasteiger charge is -2.21. The fraction of sp³-hybridized carbons (Fsp3) is 0.0667. The summed E-state index contributed by atoms with van der Waals surface area (Å²) in [6.45, 7) is 0. The van der Waals surface area contributed by atoms with Crippen LogP contribution in [0.2, 0.25) is 0 Å². The molecule has 0 bridgehead atoms. The van der Waals surface area contributed by atoms with Crippen LogP contribution in [-0.2, 0) is 0 Å². The van der Waals surface area contributed by atoms with Crippen molar-refractivity contribution in [3.05, 3.63) is 53.3 Å². The van der Waals surface area contributed by atoms with Gasteiger partial charge in [0.2, 0.25) is 0 Å². The predicted molar refractivity (Wildman–Crippen MR) is 77.0 cm³/mol. The third-order valence-corrected chi connectivity index (χ3v) is 3.07. The number of carbonyl (C=O) groups is 1. The summed E-state index contributed by atoms with van der Waals surface area (Å²) < 4.78 is 14.0. The summed E-state index contributed by atoms with van der Waals surface area (Å²) in [4.78, 5) is 12.5. The van der Waals surface area contributed by atoms with E-state index in [1.165, 1.54) is 11.0 Å². The molecule has 3 N–H and O–H groups in total. The van der Waals surface area contributed by atoms with Crippen LogP contribution in [0.4, 0.5) is 21.5 Å². The predicted octanol–water partition coefficient (Wildman–Crippen LogP) is 2.75. The van der Waals surface area contributed by atoms with E-state index < -0.39 is 11.8 Å². The second-order valence-corrected chi connectivity index (χ2v) is 4.42. The zero-order chi connectivity index (χ0) is 15.6. The molecule has 0 aliphatic carbocycles. The highest BCUT2D eigenvalue weighted by atomic mass is 19.1. The molecule has 0 atom stereocenters. The number of nitrogens with zero attached hydrogens (tertiary/aromatic N) is 2. The quantitative estimate of drug-likeness (QED) is 0.846. The molecule has 6 heteroatoms. The number of halogens is 1. The van der Waals surface area contributed by atoms with Gasteiger partial charge in [0.05, 0.1) is 22.9 Å². The fourth-order valence-electron chi connectivity index (χ4n) is 1.94. The van der Waals surface area contributed by atoms with E-state index in [4.69, 9.17) is 16.1 Å². The van der Waals surface area contributed by atoms with Crippen LogP contribution in [0.5, 0.6) is 0 Å². The molecule has 0 saturated heterocycles. The third-order valence-electron chi connectivity index (χ3n) is 3.07. The Morgan fingerprint density at radius 2 is 2.10 bits per heavy atom. The van der Waals surface area contributed by atoms with E-state index >= 15 is 0 Å². The maximum absolute atomic E-state index is 14.0. The maximum atomic E-state index is 14.0. The molecule has 0 unspecified atom stereocenters. The average Bonchev–Trinajstić information content (AvgIpc) is 2.46. The number of hydrogen-bond donors (Lipinski definition) is 2. The van der Waals surface area contributed by atoms with Gasteiger partial charge in [-0.1, -0.05) is 6.07 Å². The third kappa shape index (κ3) is 2.77. The first-order valence-electron chi connectivity index (χ1n) is 6.00. The first-order valence-corrected chi connectivity index (χ1v) is 6.00. The Balaban J connectivity index is 2.52. The van der Waals surface area contributed by atoms with Crippen molar-refractivity contribution in [1.82, 2.24) is 0 Å². The molecule has 106 valence electrons. The highest BCUT2D eigenvalue weighted by Gasteiger charge is 2.16. The highest BCUT2D eigenvalue weighted by molar-refractivity contribution is 5.95. The zero-order valence-electron chi connectivity index (χ0n) is 11.2. The number of aromatic carboxylic acids is 1. The summed E-state index contributed by atoms with van der Waals surface area (Å²) in [6.07, 6.45) is 0. The lowest BCUT2D eigenvalue weighted by Crippen LogP contribution is -2.14. The lowest BCUT2D eigenvalue weighted by atomic mass is 10.1. The Bertz CT molecular complexity index is 753. The van der Waals surface area contributed by atoms with Crippen molar-refractivity contribution in [2.24, 2.45) is 0 Å². The summed E-state index contributed by atoms with van der Waals surface area (Å²) in [7, 11) is 1.58. The Morgan fingerprint density at radius 3 is 2.71 bits per heavy atom. The number of carboxylic acid groups (broad SMARTS) is 1. The van der Waals surface area contributed by atoms with Gasteiger partial charge in [0.1, 0.15) is 5.82 Å². The second-order valence-electron chi connectivity index (χ2n) is 4.42. The van der Waals surface area contributed by atoms with E-state index in [2.05, 4.69) is 0 Å². The van der Waals surface area contributed by atoms with Crippen LogP contribution in [0.25, 0.3) is 0 Å². The molecule has 2 aromatic carbocycles. The molecule has 0 aromatic heterocycles. The lowest BCUT2D eigenvalue weighted by molar-refractivity contribution is 0.0698. The van der Waals surface area contributed by atoms with Crippen LogP contribution in [0.3, 0.4) is 0 Å². The molecule has 0 amide bonds. The van der Waals surface area contributed by atoms with E-state index in [-0.39, 0.29) is 16.9 Å². The van der Waals surface area contributed by atoms with Gasteiger partial charge in [0, 0.05) is 18.4 Å². The van der Waals surface area contributed by atoms with E-state index in [1.54, 1.807) is 31.3 Å². The van der Waals surface area contributed by atoms with Crippen molar-refractivity contribution in [2.75, 3.05) is 17.7 Å². The summed E-state index contributed by atoms with van der Waals surface area (Å²) in [6, 6.07) is 10.7. The van der Waals surface area contributed by atoms with Crippen LogP contribution < -0.4 is 10.6 Å². The van der Waals surface area contributed by atoms with E-state index in [0.717, 1.165) is 6.07 Å². The Hall–Kier alpha value is -3.07. The van der Waals surface area contributed by atoms with Crippen LogP contribution in [0.1, 0.15) is 15.9 Å². The first kappa shape index (κ1) is 14.3. The van der Waals surface area contributed by atoms with Gasteiger partial charge < -0.3 is 15.7 Å². The molecular weight excluding hydrogens is 273 g/mol. The van der Waals surface area contributed by atoms with Crippen LogP contribution in [-0.4, -0.2) is 18.1 Å². The van der Waals surface area contributed by atoms with Crippen molar-refractivity contribution in [1.29, 1.82) is 5.26 Å². The minimum absolute atomic E-state index is 0.0664. The van der Waals surface area contributed by atoms with Gasteiger partial charge in [-0.05, 0) is 30.3 Å². The molecule has 2 aromatic rings. The van der Waals surface area contributed by atoms with Crippen LogP contribution in [0.15, 0.2) is 36.4 Å². The van der Waals surface area contributed by atoms with E-state index in [9.17, 15) is 9.18 Å². The fourth-order valence-corrected chi connectivity index (χ4v) is 1.94.